The maximum Gasteiger partial charge on any atom is 0.228 e. The maximum absolute atomic E-state index is 13.5. The SMILES string of the molecule is COc1ccc([C@H]2[C@H](C(=O)N3CCN(Cc4ccccc4)CC3)CCC(=O)N2C)cc1. The second-order valence-electron chi connectivity index (χ2n) is 8.45. The van der Waals surface area contributed by atoms with Crippen molar-refractivity contribution in [3.05, 3.63) is 65.7 Å². The van der Waals surface area contributed by atoms with Gasteiger partial charge < -0.3 is 14.5 Å². The summed E-state index contributed by atoms with van der Waals surface area (Å²) in [5.74, 6) is 0.819. The number of nitrogens with zero attached hydrogens (tertiary/aromatic N) is 3. The molecule has 6 nitrogen and oxygen atoms in total. The average molecular weight is 422 g/mol. The van der Waals surface area contributed by atoms with E-state index in [1.165, 1.54) is 5.56 Å². The fraction of sp³-hybridized carbons (Fsp3) is 0.440. The van der Waals surface area contributed by atoms with Gasteiger partial charge in [-0.2, -0.15) is 0 Å². The smallest absolute Gasteiger partial charge is 0.228 e. The number of methoxy groups -OCH3 is 1. The van der Waals surface area contributed by atoms with Crippen LogP contribution in [0.2, 0.25) is 0 Å². The van der Waals surface area contributed by atoms with E-state index in [-0.39, 0.29) is 23.8 Å². The Bertz CT molecular complexity index is 892. The van der Waals surface area contributed by atoms with Crippen LogP contribution in [0.3, 0.4) is 0 Å². The number of benzene rings is 2. The predicted molar refractivity (Wildman–Crippen MR) is 120 cm³/mol. The molecule has 0 radical (unpaired) electrons. The lowest BCUT2D eigenvalue weighted by Gasteiger charge is -2.42. The normalized spacial score (nSPS) is 22.5. The third kappa shape index (κ3) is 4.74. The standard InChI is InChI=1S/C25H31N3O3/c1-26-23(29)13-12-22(24(26)20-8-10-21(31-2)11-9-20)25(30)28-16-14-27(15-17-28)18-19-6-4-3-5-7-19/h3-11,22,24H,12-18H2,1-2H3/t22-,24+/m1/s1. The summed E-state index contributed by atoms with van der Waals surface area (Å²) in [7, 11) is 3.45. The Morgan fingerprint density at radius 1 is 1.00 bits per heavy atom. The first-order valence-electron chi connectivity index (χ1n) is 11.0. The highest BCUT2D eigenvalue weighted by atomic mass is 16.5. The largest absolute Gasteiger partial charge is 0.497 e. The number of likely N-dealkylation sites (tertiary alicyclic amines) is 1. The molecule has 0 aliphatic carbocycles. The van der Waals surface area contributed by atoms with Gasteiger partial charge in [0.2, 0.25) is 11.8 Å². The van der Waals surface area contributed by atoms with Crippen LogP contribution < -0.4 is 4.74 Å². The molecule has 2 aliphatic rings. The summed E-state index contributed by atoms with van der Waals surface area (Å²) in [4.78, 5) is 32.1. The van der Waals surface area contributed by atoms with E-state index in [1.54, 1.807) is 12.0 Å². The Labute approximate surface area is 184 Å². The molecule has 0 saturated carbocycles. The Morgan fingerprint density at radius 2 is 1.68 bits per heavy atom. The minimum Gasteiger partial charge on any atom is -0.497 e. The van der Waals surface area contributed by atoms with Crippen molar-refractivity contribution in [1.82, 2.24) is 14.7 Å². The molecular weight excluding hydrogens is 390 g/mol. The minimum absolute atomic E-state index is 0.0950. The highest BCUT2D eigenvalue weighted by Crippen LogP contribution is 2.37. The summed E-state index contributed by atoms with van der Waals surface area (Å²) in [6.45, 7) is 4.12. The van der Waals surface area contributed by atoms with E-state index in [0.717, 1.165) is 44.0 Å². The van der Waals surface area contributed by atoms with E-state index in [2.05, 4.69) is 29.2 Å². The number of hydrogen-bond donors (Lipinski definition) is 0. The van der Waals surface area contributed by atoms with Gasteiger partial charge in [0.05, 0.1) is 19.1 Å². The molecule has 2 fully saturated rings. The van der Waals surface area contributed by atoms with Crippen molar-refractivity contribution < 1.29 is 14.3 Å². The molecule has 2 heterocycles. The highest BCUT2D eigenvalue weighted by Gasteiger charge is 2.41. The highest BCUT2D eigenvalue weighted by molar-refractivity contribution is 5.85. The predicted octanol–water partition coefficient (Wildman–Crippen LogP) is 2.95. The zero-order chi connectivity index (χ0) is 21.8. The molecule has 2 aromatic carbocycles. The number of carbonyl (C=O) groups is 2. The van der Waals surface area contributed by atoms with Crippen LogP contribution in [0.5, 0.6) is 5.75 Å². The van der Waals surface area contributed by atoms with Crippen LogP contribution in [0.25, 0.3) is 0 Å². The second-order valence-corrected chi connectivity index (χ2v) is 8.45. The van der Waals surface area contributed by atoms with E-state index in [9.17, 15) is 9.59 Å². The lowest BCUT2D eigenvalue weighted by atomic mass is 9.83. The van der Waals surface area contributed by atoms with E-state index in [0.29, 0.717) is 12.8 Å². The van der Waals surface area contributed by atoms with Gasteiger partial charge in [-0.25, -0.2) is 0 Å². The summed E-state index contributed by atoms with van der Waals surface area (Å²) < 4.78 is 5.27. The van der Waals surface area contributed by atoms with Crippen LogP contribution in [0, 0.1) is 5.92 Å². The van der Waals surface area contributed by atoms with Crippen molar-refractivity contribution in [3.63, 3.8) is 0 Å². The van der Waals surface area contributed by atoms with Gasteiger partial charge in [0.25, 0.3) is 0 Å². The quantitative estimate of drug-likeness (QED) is 0.745. The number of piperidine rings is 1. The van der Waals surface area contributed by atoms with Crippen molar-refractivity contribution in [2.75, 3.05) is 40.3 Å². The summed E-state index contributed by atoms with van der Waals surface area (Å²) in [6, 6.07) is 17.9. The monoisotopic (exact) mass is 421 g/mol. The number of ether oxygens (including phenoxy) is 1. The van der Waals surface area contributed by atoms with Crippen molar-refractivity contribution in [2.45, 2.75) is 25.4 Å². The Kier molecular flexibility index (Phi) is 6.56. The van der Waals surface area contributed by atoms with Crippen molar-refractivity contribution >= 4 is 11.8 Å². The van der Waals surface area contributed by atoms with Crippen LogP contribution in [-0.2, 0) is 16.1 Å². The summed E-state index contributed by atoms with van der Waals surface area (Å²) in [5.41, 5.74) is 2.28. The van der Waals surface area contributed by atoms with Gasteiger partial charge >= 0.3 is 0 Å². The van der Waals surface area contributed by atoms with Gasteiger partial charge in [0.1, 0.15) is 5.75 Å². The zero-order valence-electron chi connectivity index (χ0n) is 18.4. The fourth-order valence-corrected chi connectivity index (χ4v) is 4.76. The molecule has 31 heavy (non-hydrogen) atoms. The Balaban J connectivity index is 1.44. The Hall–Kier alpha value is -2.86. The van der Waals surface area contributed by atoms with Gasteiger partial charge in [-0.3, -0.25) is 14.5 Å². The van der Waals surface area contributed by atoms with Crippen LogP contribution in [0.1, 0.15) is 30.0 Å². The molecule has 0 spiro atoms. The molecule has 2 atom stereocenters. The molecule has 164 valence electrons. The first-order valence-corrected chi connectivity index (χ1v) is 11.0. The van der Waals surface area contributed by atoms with E-state index in [4.69, 9.17) is 4.74 Å². The Morgan fingerprint density at radius 3 is 2.32 bits per heavy atom. The molecule has 2 aromatic rings. The molecule has 0 bridgehead atoms. The zero-order valence-corrected chi connectivity index (χ0v) is 18.4. The first-order chi connectivity index (χ1) is 15.1. The van der Waals surface area contributed by atoms with Crippen molar-refractivity contribution in [3.8, 4) is 5.75 Å². The molecule has 0 aromatic heterocycles. The van der Waals surface area contributed by atoms with Gasteiger partial charge in [-0.05, 0) is 29.7 Å². The summed E-state index contributed by atoms with van der Waals surface area (Å²) >= 11 is 0. The molecule has 2 amide bonds. The summed E-state index contributed by atoms with van der Waals surface area (Å²) in [5, 5.41) is 0. The minimum atomic E-state index is -0.234. The second kappa shape index (κ2) is 9.52. The topological polar surface area (TPSA) is 53.1 Å². The third-order valence-electron chi connectivity index (χ3n) is 6.57. The first kappa shape index (κ1) is 21.4. The lowest BCUT2D eigenvalue weighted by molar-refractivity contribution is -0.147. The number of hydrogen-bond acceptors (Lipinski definition) is 4. The molecule has 2 saturated heterocycles. The summed E-state index contributed by atoms with van der Waals surface area (Å²) in [6.07, 6.45) is 1.02. The third-order valence-corrected chi connectivity index (χ3v) is 6.57. The molecule has 4 rings (SSSR count). The number of amides is 2. The van der Waals surface area contributed by atoms with E-state index in [1.807, 2.05) is 42.3 Å². The number of carbonyl (C=O) groups excluding carboxylic acids is 2. The molecule has 0 N–H and O–H groups in total. The number of piperazine rings is 1. The van der Waals surface area contributed by atoms with Gasteiger partial charge in [0.15, 0.2) is 0 Å². The fourth-order valence-electron chi connectivity index (χ4n) is 4.76. The van der Waals surface area contributed by atoms with Gasteiger partial charge in [0, 0.05) is 46.2 Å². The van der Waals surface area contributed by atoms with Gasteiger partial charge in [-0.1, -0.05) is 42.5 Å². The van der Waals surface area contributed by atoms with Crippen LogP contribution >= 0.6 is 0 Å². The van der Waals surface area contributed by atoms with Crippen LogP contribution in [0.15, 0.2) is 54.6 Å². The average Bonchev–Trinajstić information content (AvgIpc) is 2.81. The van der Waals surface area contributed by atoms with E-state index >= 15 is 0 Å². The van der Waals surface area contributed by atoms with Gasteiger partial charge in [-0.15, -0.1) is 0 Å². The van der Waals surface area contributed by atoms with Crippen molar-refractivity contribution in [1.29, 1.82) is 0 Å². The van der Waals surface area contributed by atoms with Crippen LogP contribution in [0.4, 0.5) is 0 Å². The maximum atomic E-state index is 13.5. The van der Waals surface area contributed by atoms with Crippen molar-refractivity contribution in [2.24, 2.45) is 5.92 Å². The molecule has 0 unspecified atom stereocenters. The molecule has 6 heteroatoms. The molecule has 2 aliphatic heterocycles. The lowest BCUT2D eigenvalue weighted by Crippen LogP contribution is -2.53. The molecular formula is C25H31N3O3. The number of rotatable bonds is 5. The van der Waals surface area contributed by atoms with E-state index < -0.39 is 0 Å². The van der Waals surface area contributed by atoms with Crippen LogP contribution in [-0.4, -0.2) is 66.9 Å².